The van der Waals surface area contributed by atoms with Crippen molar-refractivity contribution < 1.29 is 8.42 Å². The van der Waals surface area contributed by atoms with Gasteiger partial charge in [-0.3, -0.25) is 5.43 Å². The van der Waals surface area contributed by atoms with E-state index in [1.165, 1.54) is 0 Å². The number of hydrazone groups is 1. The molecule has 4 rings (SSSR count). The van der Waals surface area contributed by atoms with Crippen molar-refractivity contribution in [2.45, 2.75) is 18.2 Å². The van der Waals surface area contributed by atoms with Crippen LogP contribution in [-0.4, -0.2) is 25.3 Å². The van der Waals surface area contributed by atoms with Crippen molar-refractivity contribution in [3.63, 3.8) is 0 Å². The van der Waals surface area contributed by atoms with Crippen LogP contribution in [0.25, 0.3) is 11.1 Å². The molecule has 2 aliphatic rings. The molecule has 1 unspecified atom stereocenters. The number of benzene rings is 2. The summed E-state index contributed by atoms with van der Waals surface area (Å²) in [6, 6.07) is 16.2. The van der Waals surface area contributed by atoms with Gasteiger partial charge in [0.15, 0.2) is 9.84 Å². The van der Waals surface area contributed by atoms with Gasteiger partial charge in [0.2, 0.25) is 0 Å². The van der Waals surface area contributed by atoms with Crippen LogP contribution in [0.5, 0.6) is 0 Å². The van der Waals surface area contributed by atoms with Crippen LogP contribution in [0.3, 0.4) is 0 Å². The van der Waals surface area contributed by atoms with E-state index in [1.807, 2.05) is 36.4 Å². The summed E-state index contributed by atoms with van der Waals surface area (Å²) in [6.07, 6.45) is 1.33. The molecule has 112 valence electrons. The van der Waals surface area contributed by atoms with E-state index >= 15 is 0 Å². The van der Waals surface area contributed by atoms with Gasteiger partial charge < -0.3 is 0 Å². The quantitative estimate of drug-likeness (QED) is 0.740. The first-order valence-electron chi connectivity index (χ1n) is 7.41. The van der Waals surface area contributed by atoms with Crippen LogP contribution in [-0.2, 0) is 9.84 Å². The third-order valence-electron chi connectivity index (χ3n) is 4.30. The lowest BCUT2D eigenvalue weighted by molar-refractivity contribution is 0.566. The number of sulfone groups is 1. The number of fused-ring (bicyclic) bond motifs is 3. The second-order valence-electron chi connectivity index (χ2n) is 5.68. The minimum absolute atomic E-state index is 0.253. The summed E-state index contributed by atoms with van der Waals surface area (Å²) in [5, 5.41) is 3.92. The van der Waals surface area contributed by atoms with Crippen molar-refractivity contribution in [2.24, 2.45) is 5.10 Å². The SMILES string of the molecule is O=S1(=O)CCCC1NN=C1c2ccccc2-c2ccccc21. The zero-order valence-electron chi connectivity index (χ0n) is 12.0. The van der Waals surface area contributed by atoms with Crippen molar-refractivity contribution in [3.8, 4) is 11.1 Å². The molecule has 1 aliphatic heterocycles. The summed E-state index contributed by atoms with van der Waals surface area (Å²) in [5.41, 5.74) is 8.11. The molecule has 0 spiro atoms. The lowest BCUT2D eigenvalue weighted by Gasteiger charge is -2.10. The van der Waals surface area contributed by atoms with Gasteiger partial charge in [-0.2, -0.15) is 5.10 Å². The van der Waals surface area contributed by atoms with E-state index in [0.717, 1.165) is 28.0 Å². The van der Waals surface area contributed by atoms with Crippen LogP contribution in [0.1, 0.15) is 24.0 Å². The molecular formula is C17H16N2O2S. The van der Waals surface area contributed by atoms with Gasteiger partial charge in [-0.1, -0.05) is 48.5 Å². The molecule has 1 N–H and O–H groups in total. The fraction of sp³-hybridized carbons (Fsp3) is 0.235. The normalized spacial score (nSPS) is 21.3. The molecule has 1 aliphatic carbocycles. The van der Waals surface area contributed by atoms with Crippen LogP contribution in [0.4, 0.5) is 0 Å². The van der Waals surface area contributed by atoms with Gasteiger partial charge in [0.25, 0.3) is 0 Å². The third kappa shape index (κ3) is 2.04. The minimum atomic E-state index is -3.05. The van der Waals surface area contributed by atoms with Crippen molar-refractivity contribution in [1.82, 2.24) is 5.43 Å². The van der Waals surface area contributed by atoms with Gasteiger partial charge in [-0.15, -0.1) is 0 Å². The molecule has 4 nitrogen and oxygen atoms in total. The van der Waals surface area contributed by atoms with Gasteiger partial charge in [-0.05, 0) is 24.0 Å². The molecule has 5 heteroatoms. The average molecular weight is 312 g/mol. The van der Waals surface area contributed by atoms with Gasteiger partial charge in [0.1, 0.15) is 5.37 Å². The Morgan fingerprint density at radius 3 is 1.95 bits per heavy atom. The maximum absolute atomic E-state index is 11.9. The summed E-state index contributed by atoms with van der Waals surface area (Å²) in [4.78, 5) is 0. The fourth-order valence-electron chi connectivity index (χ4n) is 3.19. The molecule has 1 saturated heterocycles. The molecule has 0 radical (unpaired) electrons. The molecule has 0 bridgehead atoms. The Labute approximate surface area is 129 Å². The van der Waals surface area contributed by atoms with E-state index in [9.17, 15) is 8.42 Å². The Kier molecular flexibility index (Phi) is 3.04. The van der Waals surface area contributed by atoms with Gasteiger partial charge in [0.05, 0.1) is 11.5 Å². The standard InChI is InChI=1S/C17H16N2O2S/c20-22(21)11-5-10-16(22)18-19-17-14-8-3-1-6-12(14)13-7-2-4-9-15(13)17/h1-4,6-9,16,18H,5,10-11H2. The second-order valence-corrected chi connectivity index (χ2v) is 7.98. The molecule has 0 amide bonds. The molecule has 1 heterocycles. The molecule has 2 aromatic carbocycles. The summed E-state index contributed by atoms with van der Waals surface area (Å²) in [5.74, 6) is 0.253. The highest BCUT2D eigenvalue weighted by Gasteiger charge is 2.31. The molecule has 0 aromatic heterocycles. The molecule has 1 fully saturated rings. The zero-order valence-corrected chi connectivity index (χ0v) is 12.8. The molecule has 2 aromatic rings. The number of rotatable bonds is 2. The monoisotopic (exact) mass is 312 g/mol. The number of nitrogens with one attached hydrogen (secondary N) is 1. The first-order chi connectivity index (χ1) is 10.7. The molecular weight excluding hydrogens is 296 g/mol. The fourth-order valence-corrected chi connectivity index (χ4v) is 4.78. The predicted octanol–water partition coefficient (Wildman–Crippen LogP) is 2.54. The first-order valence-corrected chi connectivity index (χ1v) is 9.12. The second kappa shape index (κ2) is 4.95. The van der Waals surface area contributed by atoms with Crippen molar-refractivity contribution in [1.29, 1.82) is 0 Å². The number of hydrogen-bond donors (Lipinski definition) is 1. The van der Waals surface area contributed by atoms with Gasteiger partial charge in [0, 0.05) is 11.1 Å². The van der Waals surface area contributed by atoms with E-state index in [1.54, 1.807) is 0 Å². The predicted molar refractivity (Wildman–Crippen MR) is 87.5 cm³/mol. The van der Waals surface area contributed by atoms with E-state index in [4.69, 9.17) is 0 Å². The Morgan fingerprint density at radius 2 is 1.45 bits per heavy atom. The van der Waals surface area contributed by atoms with Crippen molar-refractivity contribution in [3.05, 3.63) is 59.7 Å². The van der Waals surface area contributed by atoms with E-state index in [0.29, 0.717) is 12.8 Å². The summed E-state index contributed by atoms with van der Waals surface area (Å²) >= 11 is 0. The number of hydrogen-bond acceptors (Lipinski definition) is 4. The summed E-state index contributed by atoms with van der Waals surface area (Å²) in [7, 11) is -3.05. The van der Waals surface area contributed by atoms with E-state index < -0.39 is 15.2 Å². The largest absolute Gasteiger partial charge is 0.291 e. The maximum atomic E-state index is 11.9. The topological polar surface area (TPSA) is 58.5 Å². The highest BCUT2D eigenvalue weighted by molar-refractivity contribution is 7.92. The summed E-state index contributed by atoms with van der Waals surface area (Å²) < 4.78 is 23.9. The highest BCUT2D eigenvalue weighted by Crippen LogP contribution is 2.36. The third-order valence-corrected chi connectivity index (χ3v) is 6.37. The highest BCUT2D eigenvalue weighted by atomic mass is 32.2. The van der Waals surface area contributed by atoms with Crippen LogP contribution in [0.2, 0.25) is 0 Å². The van der Waals surface area contributed by atoms with Crippen molar-refractivity contribution in [2.75, 3.05) is 5.75 Å². The van der Waals surface area contributed by atoms with Crippen LogP contribution >= 0.6 is 0 Å². The Bertz CT molecular complexity index is 824. The lowest BCUT2D eigenvalue weighted by atomic mass is 10.1. The first kappa shape index (κ1) is 13.5. The maximum Gasteiger partial charge on any atom is 0.172 e. The van der Waals surface area contributed by atoms with Gasteiger partial charge in [-0.25, -0.2) is 8.42 Å². The Hall–Kier alpha value is -2.14. The van der Waals surface area contributed by atoms with E-state index in [2.05, 4.69) is 22.7 Å². The molecule has 22 heavy (non-hydrogen) atoms. The van der Waals surface area contributed by atoms with Crippen LogP contribution in [0.15, 0.2) is 53.6 Å². The van der Waals surface area contributed by atoms with Crippen LogP contribution in [0, 0.1) is 0 Å². The zero-order chi connectivity index (χ0) is 15.2. The Morgan fingerprint density at radius 1 is 0.909 bits per heavy atom. The van der Waals surface area contributed by atoms with Gasteiger partial charge >= 0.3 is 0 Å². The average Bonchev–Trinajstić information content (AvgIpc) is 3.03. The smallest absolute Gasteiger partial charge is 0.172 e. The van der Waals surface area contributed by atoms with Crippen LogP contribution < -0.4 is 5.43 Å². The van der Waals surface area contributed by atoms with Crippen molar-refractivity contribution >= 4 is 15.5 Å². The number of nitrogens with zero attached hydrogens (tertiary/aromatic N) is 1. The minimum Gasteiger partial charge on any atom is -0.291 e. The van der Waals surface area contributed by atoms with E-state index in [-0.39, 0.29) is 5.75 Å². The lowest BCUT2D eigenvalue weighted by Crippen LogP contribution is -2.30. The molecule has 1 atom stereocenters. The Balaban J connectivity index is 1.77. The molecule has 0 saturated carbocycles. The summed E-state index contributed by atoms with van der Waals surface area (Å²) in [6.45, 7) is 0.